The number of nitrogens with zero attached hydrogens (tertiary/aromatic N) is 1. The van der Waals surface area contributed by atoms with E-state index >= 15 is 0 Å². The lowest BCUT2D eigenvalue weighted by atomic mass is 9.82. The van der Waals surface area contributed by atoms with Gasteiger partial charge in [0.15, 0.2) is 11.5 Å². The molecule has 1 aliphatic rings. The first kappa shape index (κ1) is 22.5. The second-order valence-corrected chi connectivity index (χ2v) is 8.11. The summed E-state index contributed by atoms with van der Waals surface area (Å²) in [7, 11) is 0. The molecule has 8 heteroatoms. The molecular weight excluding hydrogens is 379 g/mol. The van der Waals surface area contributed by atoms with Crippen LogP contribution in [0.15, 0.2) is 35.6 Å². The molecule has 0 spiro atoms. The molecule has 7 nitrogen and oxygen atoms in total. The van der Waals surface area contributed by atoms with Gasteiger partial charge in [0.1, 0.15) is 11.9 Å². The highest BCUT2D eigenvalue weighted by molar-refractivity contribution is 6.11. The molecule has 1 aliphatic heterocycles. The zero-order valence-electron chi connectivity index (χ0n) is 17.0. The van der Waals surface area contributed by atoms with Crippen LogP contribution in [-0.4, -0.2) is 38.9 Å². The van der Waals surface area contributed by atoms with Crippen LogP contribution in [0.25, 0.3) is 0 Å². The molecule has 3 N–H and O–H groups in total. The molecule has 0 aromatic heterocycles. The molecule has 158 valence electrons. The zero-order chi connectivity index (χ0) is 21.9. The molecule has 0 saturated carbocycles. The van der Waals surface area contributed by atoms with Gasteiger partial charge in [0.25, 0.3) is 11.8 Å². The largest absolute Gasteiger partial charge is 0.503 e. The van der Waals surface area contributed by atoms with Crippen molar-refractivity contribution in [2.24, 2.45) is 5.41 Å². The summed E-state index contributed by atoms with van der Waals surface area (Å²) in [6.07, 6.45) is 1.41. The Bertz CT molecular complexity index is 844. The van der Waals surface area contributed by atoms with Gasteiger partial charge in [-0.25, -0.2) is 9.87 Å². The summed E-state index contributed by atoms with van der Waals surface area (Å²) in [5, 5.41) is 19.7. The fraction of sp³-hybridized carbons (Fsp3) is 0.476. The van der Waals surface area contributed by atoms with Gasteiger partial charge in [0.05, 0.1) is 11.6 Å². The number of rotatable bonds is 7. The highest BCUT2D eigenvalue weighted by Gasteiger charge is 2.50. The minimum atomic E-state index is -1.28. The lowest BCUT2D eigenvalue weighted by Crippen LogP contribution is -2.49. The molecule has 29 heavy (non-hydrogen) atoms. The van der Waals surface area contributed by atoms with E-state index in [0.717, 1.165) is 4.90 Å². The fourth-order valence-corrected chi connectivity index (χ4v) is 3.45. The smallest absolute Gasteiger partial charge is 0.290 e. The number of aliphatic hydroxyl groups excluding tert-OH is 1. The van der Waals surface area contributed by atoms with E-state index in [1.807, 2.05) is 6.92 Å². The third-order valence-corrected chi connectivity index (χ3v) is 4.95. The molecule has 0 fully saturated rings. The van der Waals surface area contributed by atoms with E-state index in [4.69, 9.17) is 0 Å². The number of halogens is 1. The Morgan fingerprint density at radius 2 is 1.90 bits per heavy atom. The van der Waals surface area contributed by atoms with Crippen LogP contribution in [0.5, 0.6) is 0 Å². The van der Waals surface area contributed by atoms with Crippen molar-refractivity contribution in [1.82, 2.24) is 10.4 Å². The third kappa shape index (κ3) is 4.32. The van der Waals surface area contributed by atoms with Crippen molar-refractivity contribution in [1.29, 1.82) is 0 Å². The van der Waals surface area contributed by atoms with Gasteiger partial charge in [-0.2, -0.15) is 0 Å². The van der Waals surface area contributed by atoms with Crippen molar-refractivity contribution in [3.8, 4) is 0 Å². The second kappa shape index (κ2) is 8.73. The molecule has 2 atom stereocenters. The van der Waals surface area contributed by atoms with Gasteiger partial charge < -0.3 is 10.0 Å². The van der Waals surface area contributed by atoms with Gasteiger partial charge in [-0.1, -0.05) is 58.7 Å². The van der Waals surface area contributed by atoms with Gasteiger partial charge in [0.2, 0.25) is 0 Å². The molecule has 2 unspecified atom stereocenters. The predicted molar refractivity (Wildman–Crippen MR) is 103 cm³/mol. The van der Waals surface area contributed by atoms with Crippen LogP contribution in [0.2, 0.25) is 0 Å². The first-order chi connectivity index (χ1) is 13.6. The van der Waals surface area contributed by atoms with Crippen LogP contribution in [0.4, 0.5) is 4.39 Å². The average molecular weight is 406 g/mol. The summed E-state index contributed by atoms with van der Waals surface area (Å²) in [6.45, 7) is 6.75. The van der Waals surface area contributed by atoms with Gasteiger partial charge in [-0.3, -0.25) is 19.6 Å². The summed E-state index contributed by atoms with van der Waals surface area (Å²) < 4.78 is 14.7. The fourth-order valence-electron chi connectivity index (χ4n) is 3.45. The third-order valence-electron chi connectivity index (χ3n) is 4.95. The molecule has 0 aliphatic carbocycles. The summed E-state index contributed by atoms with van der Waals surface area (Å²) in [4.78, 5) is 39.4. The second-order valence-electron chi connectivity index (χ2n) is 8.11. The Morgan fingerprint density at radius 1 is 1.28 bits per heavy atom. The molecule has 0 radical (unpaired) electrons. The summed E-state index contributed by atoms with van der Waals surface area (Å²) >= 11 is 0. The van der Waals surface area contributed by atoms with Crippen molar-refractivity contribution in [2.75, 3.05) is 0 Å². The molecule has 0 bridgehead atoms. The Kier molecular flexibility index (Phi) is 6.79. The van der Waals surface area contributed by atoms with Crippen LogP contribution in [0.1, 0.15) is 58.6 Å². The Balaban J connectivity index is 2.70. The molecule has 0 saturated heterocycles. The van der Waals surface area contributed by atoms with Crippen LogP contribution in [-0.2, 0) is 14.4 Å². The number of Topliss-reactive ketones (excluding diaryl/α,β-unsaturated/α-hetero) is 1. The minimum Gasteiger partial charge on any atom is -0.503 e. The quantitative estimate of drug-likeness (QED) is 0.476. The van der Waals surface area contributed by atoms with Crippen molar-refractivity contribution < 1.29 is 29.1 Å². The summed E-state index contributed by atoms with van der Waals surface area (Å²) in [5.74, 6) is -3.83. The van der Waals surface area contributed by atoms with E-state index in [1.54, 1.807) is 26.8 Å². The lowest BCUT2D eigenvalue weighted by Gasteiger charge is -2.34. The Labute approximate surface area is 169 Å². The maximum absolute atomic E-state index is 14.7. The molecule has 1 aromatic rings. The zero-order valence-corrected chi connectivity index (χ0v) is 17.0. The van der Waals surface area contributed by atoms with E-state index in [-0.39, 0.29) is 17.6 Å². The number of amides is 2. The number of carbonyl (C=O) groups excluding carboxylic acids is 3. The number of unbranched alkanes of at least 4 members (excludes halogenated alkanes) is 1. The van der Waals surface area contributed by atoms with Crippen LogP contribution in [0.3, 0.4) is 0 Å². The average Bonchev–Trinajstić information content (AvgIpc) is 2.92. The summed E-state index contributed by atoms with van der Waals surface area (Å²) in [6, 6.07) is 3.12. The van der Waals surface area contributed by atoms with E-state index < -0.39 is 46.7 Å². The van der Waals surface area contributed by atoms with E-state index in [0.29, 0.717) is 12.8 Å². The maximum Gasteiger partial charge on any atom is 0.290 e. The van der Waals surface area contributed by atoms with Gasteiger partial charge in [-0.15, -0.1) is 0 Å². The van der Waals surface area contributed by atoms with Crippen molar-refractivity contribution >= 4 is 17.6 Å². The summed E-state index contributed by atoms with van der Waals surface area (Å²) in [5.41, 5.74) is 0.319. The first-order valence-corrected chi connectivity index (χ1v) is 9.55. The number of ketones is 1. The number of benzene rings is 1. The van der Waals surface area contributed by atoms with Gasteiger partial charge in [0, 0.05) is 11.0 Å². The number of carbonyl (C=O) groups is 3. The number of hydrogen-bond acceptors (Lipinski definition) is 5. The van der Waals surface area contributed by atoms with Gasteiger partial charge >= 0.3 is 0 Å². The SMILES string of the molecule is CCCCC(C(=O)NO)N1C(=O)C(O)=C(C(=O)C(C)(C)C)C1c1ccccc1F. The van der Waals surface area contributed by atoms with Crippen LogP contribution < -0.4 is 5.48 Å². The standard InChI is InChI=1S/C21H27FN2O5/c1-5-6-11-14(19(27)23-29)24-16(12-9-7-8-10-13(12)22)15(17(25)20(24)28)18(26)21(2,3)4/h7-10,14,16,25,29H,5-6,11H2,1-4H3,(H,23,27). The molecular formula is C21H27FN2O5. The van der Waals surface area contributed by atoms with Crippen molar-refractivity contribution in [3.63, 3.8) is 0 Å². The number of hydrogen-bond donors (Lipinski definition) is 3. The van der Waals surface area contributed by atoms with Gasteiger partial charge in [-0.05, 0) is 12.5 Å². The van der Waals surface area contributed by atoms with Crippen molar-refractivity contribution in [3.05, 3.63) is 47.0 Å². The number of nitrogens with one attached hydrogen (secondary N) is 1. The maximum atomic E-state index is 14.7. The molecule has 1 heterocycles. The number of aliphatic hydroxyl groups is 1. The van der Waals surface area contributed by atoms with Crippen molar-refractivity contribution in [2.45, 2.75) is 59.0 Å². The van der Waals surface area contributed by atoms with E-state index in [2.05, 4.69) is 0 Å². The number of hydroxylamine groups is 1. The molecule has 2 amide bonds. The monoisotopic (exact) mass is 406 g/mol. The highest BCUT2D eigenvalue weighted by atomic mass is 19.1. The lowest BCUT2D eigenvalue weighted by molar-refractivity contribution is -0.144. The van der Waals surface area contributed by atoms with Crippen LogP contribution in [0, 0.1) is 11.2 Å². The topological polar surface area (TPSA) is 107 Å². The van der Waals surface area contributed by atoms with E-state index in [1.165, 1.54) is 23.7 Å². The minimum absolute atomic E-state index is 0.00950. The van der Waals surface area contributed by atoms with Crippen LogP contribution >= 0.6 is 0 Å². The Hall–Kier alpha value is -2.74. The predicted octanol–water partition coefficient (Wildman–Crippen LogP) is 3.20. The molecule has 2 rings (SSSR count). The highest BCUT2D eigenvalue weighted by Crippen LogP contribution is 2.43. The normalized spacial score (nSPS) is 18.2. The Morgan fingerprint density at radius 3 is 2.41 bits per heavy atom. The molecule has 1 aromatic carbocycles. The van der Waals surface area contributed by atoms with E-state index in [9.17, 15) is 29.1 Å². The first-order valence-electron chi connectivity index (χ1n) is 9.55.